The average molecular weight is 461 g/mol. The SMILES string of the molecule is C=N/C(=C\N=C(C)N)c1nc(N2CC3CCC(C2)O3)nc2c1nc(Br)n2C(C)C. The molecule has 154 valence electrons. The molecule has 0 spiro atoms. The second-order valence-electron chi connectivity index (χ2n) is 7.69. The molecule has 4 rings (SSSR count). The van der Waals surface area contributed by atoms with Crippen LogP contribution in [0.5, 0.6) is 0 Å². The molecule has 2 saturated heterocycles. The van der Waals surface area contributed by atoms with Crippen molar-refractivity contribution in [3.63, 3.8) is 0 Å². The van der Waals surface area contributed by atoms with E-state index in [0.717, 1.165) is 31.6 Å². The molecular weight excluding hydrogens is 436 g/mol. The van der Waals surface area contributed by atoms with E-state index in [-0.39, 0.29) is 18.2 Å². The van der Waals surface area contributed by atoms with Crippen molar-refractivity contribution in [3.05, 3.63) is 16.6 Å². The van der Waals surface area contributed by atoms with Crippen LogP contribution in [0.1, 0.15) is 45.3 Å². The third-order valence-electron chi connectivity index (χ3n) is 5.13. The van der Waals surface area contributed by atoms with Gasteiger partial charge in [0.15, 0.2) is 10.4 Å². The quantitative estimate of drug-likeness (QED) is 0.417. The lowest BCUT2D eigenvalue weighted by Gasteiger charge is -2.32. The van der Waals surface area contributed by atoms with E-state index in [1.54, 1.807) is 13.1 Å². The number of aliphatic imine (C=N–C) groups is 2. The number of nitrogens with zero attached hydrogens (tertiary/aromatic N) is 7. The molecule has 2 aliphatic heterocycles. The van der Waals surface area contributed by atoms with Gasteiger partial charge in [-0.3, -0.25) is 4.99 Å². The molecule has 4 heterocycles. The van der Waals surface area contributed by atoms with Gasteiger partial charge in [-0.1, -0.05) is 0 Å². The van der Waals surface area contributed by atoms with Crippen molar-refractivity contribution in [2.75, 3.05) is 18.0 Å². The summed E-state index contributed by atoms with van der Waals surface area (Å²) in [5.41, 5.74) is 8.18. The van der Waals surface area contributed by atoms with E-state index < -0.39 is 0 Å². The summed E-state index contributed by atoms with van der Waals surface area (Å²) in [6, 6.07) is 0.166. The molecular formula is C19H25BrN8O. The average Bonchev–Trinajstić information content (AvgIpc) is 3.19. The van der Waals surface area contributed by atoms with Crippen LogP contribution < -0.4 is 10.6 Å². The van der Waals surface area contributed by atoms with Gasteiger partial charge in [0.2, 0.25) is 5.95 Å². The summed E-state index contributed by atoms with van der Waals surface area (Å²) < 4.78 is 8.71. The number of hydrogen-bond acceptors (Lipinski definition) is 7. The highest BCUT2D eigenvalue weighted by molar-refractivity contribution is 9.10. The maximum atomic E-state index is 5.97. The van der Waals surface area contributed by atoms with Crippen LogP contribution in [0.15, 0.2) is 20.9 Å². The highest BCUT2D eigenvalue weighted by Gasteiger charge is 2.35. The lowest BCUT2D eigenvalue weighted by molar-refractivity contribution is 0.0299. The van der Waals surface area contributed by atoms with Crippen molar-refractivity contribution in [3.8, 4) is 0 Å². The summed E-state index contributed by atoms with van der Waals surface area (Å²) in [5, 5.41) is 0. The standard InChI is InChI=1S/C19H25BrN8O/c1-10(2)28-17-16(24-18(28)20)15(14(22-4)7-23-11(3)21)25-19(26-17)27-8-12-5-6-13(9-27)29-12/h7,10,12-13H,4-6,8-9H2,1-3H3,(H2,21,23)/b14-7-. The molecule has 9 nitrogen and oxygen atoms in total. The Morgan fingerprint density at radius 1 is 1.28 bits per heavy atom. The molecule has 10 heteroatoms. The molecule has 0 saturated carbocycles. The molecule has 2 aliphatic rings. The minimum Gasteiger partial charge on any atom is -0.387 e. The zero-order valence-electron chi connectivity index (χ0n) is 16.8. The number of rotatable bonds is 5. The van der Waals surface area contributed by atoms with Gasteiger partial charge in [-0.05, 0) is 56.3 Å². The Morgan fingerprint density at radius 2 is 1.97 bits per heavy atom. The fraction of sp³-hybridized carbons (Fsp3) is 0.526. The lowest BCUT2D eigenvalue weighted by Crippen LogP contribution is -2.43. The second-order valence-corrected chi connectivity index (χ2v) is 8.40. The molecule has 2 N–H and O–H groups in total. The van der Waals surface area contributed by atoms with Crippen molar-refractivity contribution in [2.45, 2.75) is 51.9 Å². The van der Waals surface area contributed by atoms with E-state index in [4.69, 9.17) is 20.4 Å². The van der Waals surface area contributed by atoms with Crippen molar-refractivity contribution in [2.24, 2.45) is 15.7 Å². The van der Waals surface area contributed by atoms with Gasteiger partial charge in [0.1, 0.15) is 16.9 Å². The zero-order valence-corrected chi connectivity index (χ0v) is 18.4. The predicted octanol–water partition coefficient (Wildman–Crippen LogP) is 2.91. The summed E-state index contributed by atoms with van der Waals surface area (Å²) >= 11 is 3.56. The fourth-order valence-corrected chi connectivity index (χ4v) is 4.59. The predicted molar refractivity (Wildman–Crippen MR) is 118 cm³/mol. The topological polar surface area (TPSA) is 107 Å². The summed E-state index contributed by atoms with van der Waals surface area (Å²) in [7, 11) is 0. The normalized spacial score (nSPS) is 22.7. The molecule has 2 atom stereocenters. The van der Waals surface area contributed by atoms with Gasteiger partial charge in [-0.15, -0.1) is 0 Å². The van der Waals surface area contributed by atoms with E-state index in [1.165, 1.54) is 0 Å². The van der Waals surface area contributed by atoms with E-state index in [0.29, 0.717) is 33.4 Å². The molecule has 2 bridgehead atoms. The molecule has 0 radical (unpaired) electrons. The van der Waals surface area contributed by atoms with Crippen LogP contribution in [0.4, 0.5) is 5.95 Å². The molecule has 29 heavy (non-hydrogen) atoms. The number of ether oxygens (including phenoxy) is 1. The lowest BCUT2D eigenvalue weighted by atomic mass is 10.2. The summed E-state index contributed by atoms with van der Waals surface area (Å²) in [6.45, 7) is 11.1. The Balaban J connectivity index is 1.91. The summed E-state index contributed by atoms with van der Waals surface area (Å²) in [4.78, 5) is 24.9. The van der Waals surface area contributed by atoms with Crippen molar-refractivity contribution < 1.29 is 4.74 Å². The third kappa shape index (κ3) is 3.78. The number of amidine groups is 1. The maximum absolute atomic E-state index is 5.97. The number of morpholine rings is 1. The van der Waals surface area contributed by atoms with Crippen LogP contribution in [0.2, 0.25) is 0 Å². The van der Waals surface area contributed by atoms with Crippen molar-refractivity contribution in [1.82, 2.24) is 19.5 Å². The minimum absolute atomic E-state index is 0.166. The van der Waals surface area contributed by atoms with E-state index in [2.05, 4.69) is 56.4 Å². The first kappa shape index (κ1) is 20.0. The number of aromatic nitrogens is 4. The van der Waals surface area contributed by atoms with Gasteiger partial charge < -0.3 is 19.9 Å². The van der Waals surface area contributed by atoms with Gasteiger partial charge in [0, 0.05) is 19.1 Å². The number of anilines is 1. The van der Waals surface area contributed by atoms with Crippen LogP contribution in [0.3, 0.4) is 0 Å². The number of imidazole rings is 1. The first-order valence-corrected chi connectivity index (χ1v) is 10.5. The summed E-state index contributed by atoms with van der Waals surface area (Å²) in [5.74, 6) is 1.07. The Labute approximate surface area is 177 Å². The number of halogens is 1. The van der Waals surface area contributed by atoms with Crippen LogP contribution in [-0.2, 0) is 4.74 Å². The van der Waals surface area contributed by atoms with Gasteiger partial charge in [0.25, 0.3) is 0 Å². The van der Waals surface area contributed by atoms with Crippen molar-refractivity contribution in [1.29, 1.82) is 0 Å². The first-order chi connectivity index (χ1) is 13.9. The molecule has 0 aromatic carbocycles. The van der Waals surface area contributed by atoms with E-state index >= 15 is 0 Å². The van der Waals surface area contributed by atoms with Gasteiger partial charge in [0.05, 0.1) is 24.2 Å². The van der Waals surface area contributed by atoms with E-state index in [9.17, 15) is 0 Å². The largest absolute Gasteiger partial charge is 0.387 e. The molecule has 2 unspecified atom stereocenters. The Bertz CT molecular complexity index is 995. The molecule has 0 amide bonds. The number of nitrogens with two attached hydrogens (primary N) is 1. The van der Waals surface area contributed by atoms with Gasteiger partial charge in [-0.2, -0.15) is 4.98 Å². The molecule has 2 aromatic rings. The fourth-order valence-electron chi connectivity index (χ4n) is 3.83. The molecule has 2 aromatic heterocycles. The Morgan fingerprint density at radius 3 is 2.55 bits per heavy atom. The highest BCUT2D eigenvalue weighted by atomic mass is 79.9. The molecule has 0 aliphatic carbocycles. The van der Waals surface area contributed by atoms with Crippen LogP contribution in [0.25, 0.3) is 16.9 Å². The third-order valence-corrected chi connectivity index (χ3v) is 5.69. The highest BCUT2D eigenvalue weighted by Crippen LogP contribution is 2.33. The Hall–Kier alpha value is -2.33. The van der Waals surface area contributed by atoms with E-state index in [1.807, 2.05) is 4.57 Å². The zero-order chi connectivity index (χ0) is 20.7. The number of fused-ring (bicyclic) bond motifs is 3. The smallest absolute Gasteiger partial charge is 0.228 e. The van der Waals surface area contributed by atoms with Gasteiger partial charge in [-0.25, -0.2) is 15.0 Å². The minimum atomic E-state index is 0.166. The first-order valence-electron chi connectivity index (χ1n) is 9.70. The Kier molecular flexibility index (Phi) is 5.39. The van der Waals surface area contributed by atoms with Crippen LogP contribution in [-0.4, -0.2) is 57.4 Å². The number of hydrogen-bond donors (Lipinski definition) is 1. The van der Waals surface area contributed by atoms with Crippen molar-refractivity contribution >= 4 is 51.3 Å². The summed E-state index contributed by atoms with van der Waals surface area (Å²) in [6.07, 6.45) is 4.19. The monoisotopic (exact) mass is 460 g/mol. The second kappa shape index (κ2) is 7.83. The molecule has 2 fully saturated rings. The maximum Gasteiger partial charge on any atom is 0.228 e. The van der Waals surface area contributed by atoms with Crippen LogP contribution in [0, 0.1) is 0 Å². The van der Waals surface area contributed by atoms with Crippen LogP contribution >= 0.6 is 15.9 Å². The van der Waals surface area contributed by atoms with Gasteiger partial charge >= 0.3 is 0 Å².